The quantitative estimate of drug-likeness (QED) is 0.890. The predicted molar refractivity (Wildman–Crippen MR) is 70.7 cm³/mol. The second-order valence-electron chi connectivity index (χ2n) is 5.66. The number of aliphatic hydroxyl groups is 1. The zero-order valence-corrected chi connectivity index (χ0v) is 11.2. The topological polar surface area (TPSA) is 32.7 Å². The van der Waals surface area contributed by atoms with E-state index in [-0.39, 0.29) is 5.82 Å². The maximum atomic E-state index is 14.2. The standard InChI is InChI=1S/C15H20FNO2/c1-19-12-4-5-13(14(16)9-12)15(18)6-8-17-7-2-3-11(17)10-15/h4-5,9,11,18H,2-3,6-8,10H2,1H3. The fourth-order valence-electron chi connectivity index (χ4n) is 3.49. The first-order valence-electron chi connectivity index (χ1n) is 6.93. The molecule has 2 aliphatic rings. The van der Waals surface area contributed by atoms with Gasteiger partial charge in [0.2, 0.25) is 0 Å². The molecule has 2 aliphatic heterocycles. The summed E-state index contributed by atoms with van der Waals surface area (Å²) in [5.41, 5.74) is -0.609. The highest BCUT2D eigenvalue weighted by atomic mass is 19.1. The first kappa shape index (κ1) is 12.9. The number of fused-ring (bicyclic) bond motifs is 1. The molecule has 104 valence electrons. The van der Waals surface area contributed by atoms with Crippen molar-refractivity contribution in [2.75, 3.05) is 20.2 Å². The molecular weight excluding hydrogens is 245 g/mol. The lowest BCUT2D eigenvalue weighted by molar-refractivity contribution is -0.0432. The third kappa shape index (κ3) is 2.23. The number of nitrogens with zero attached hydrogens (tertiary/aromatic N) is 1. The Hall–Kier alpha value is -1.13. The van der Waals surface area contributed by atoms with Gasteiger partial charge < -0.3 is 14.7 Å². The Bertz CT molecular complexity index is 479. The van der Waals surface area contributed by atoms with Crippen molar-refractivity contribution in [3.05, 3.63) is 29.6 Å². The van der Waals surface area contributed by atoms with E-state index in [1.165, 1.54) is 19.6 Å². The molecule has 2 heterocycles. The van der Waals surface area contributed by atoms with Crippen LogP contribution in [0, 0.1) is 5.82 Å². The molecule has 0 spiro atoms. The van der Waals surface area contributed by atoms with Crippen LogP contribution in [0.4, 0.5) is 4.39 Å². The molecule has 4 heteroatoms. The Morgan fingerprint density at radius 1 is 1.42 bits per heavy atom. The highest BCUT2D eigenvalue weighted by molar-refractivity contribution is 5.33. The van der Waals surface area contributed by atoms with E-state index >= 15 is 0 Å². The number of hydrogen-bond donors (Lipinski definition) is 1. The molecule has 2 saturated heterocycles. The minimum atomic E-state index is -1.03. The average molecular weight is 265 g/mol. The molecule has 3 rings (SSSR count). The first-order chi connectivity index (χ1) is 9.12. The fraction of sp³-hybridized carbons (Fsp3) is 0.600. The zero-order valence-electron chi connectivity index (χ0n) is 11.2. The van der Waals surface area contributed by atoms with Crippen LogP contribution in [-0.2, 0) is 5.60 Å². The van der Waals surface area contributed by atoms with Crippen LogP contribution in [0.1, 0.15) is 31.2 Å². The molecule has 0 aromatic heterocycles. The molecule has 1 N–H and O–H groups in total. The van der Waals surface area contributed by atoms with Gasteiger partial charge in [-0.3, -0.25) is 0 Å². The lowest BCUT2D eigenvalue weighted by Crippen LogP contribution is -2.46. The number of benzene rings is 1. The largest absolute Gasteiger partial charge is 0.497 e. The van der Waals surface area contributed by atoms with Gasteiger partial charge in [0.15, 0.2) is 0 Å². The molecule has 0 radical (unpaired) electrons. The number of halogens is 1. The van der Waals surface area contributed by atoms with Crippen LogP contribution in [-0.4, -0.2) is 36.2 Å². The van der Waals surface area contributed by atoms with Crippen molar-refractivity contribution in [2.24, 2.45) is 0 Å². The van der Waals surface area contributed by atoms with Crippen LogP contribution in [0.3, 0.4) is 0 Å². The van der Waals surface area contributed by atoms with Crippen molar-refractivity contribution in [2.45, 2.75) is 37.3 Å². The van der Waals surface area contributed by atoms with Crippen molar-refractivity contribution in [1.82, 2.24) is 4.90 Å². The van der Waals surface area contributed by atoms with Crippen molar-refractivity contribution < 1.29 is 14.2 Å². The normalized spacial score (nSPS) is 31.2. The highest BCUT2D eigenvalue weighted by Crippen LogP contribution is 2.40. The minimum Gasteiger partial charge on any atom is -0.497 e. The average Bonchev–Trinajstić information content (AvgIpc) is 2.85. The van der Waals surface area contributed by atoms with Crippen LogP contribution < -0.4 is 4.74 Å². The summed E-state index contributed by atoms with van der Waals surface area (Å²) in [5, 5.41) is 10.8. The highest BCUT2D eigenvalue weighted by Gasteiger charge is 2.42. The summed E-state index contributed by atoms with van der Waals surface area (Å²) in [6.07, 6.45) is 3.54. The summed E-state index contributed by atoms with van der Waals surface area (Å²) >= 11 is 0. The summed E-state index contributed by atoms with van der Waals surface area (Å²) in [6.45, 7) is 1.97. The maximum Gasteiger partial charge on any atom is 0.132 e. The van der Waals surface area contributed by atoms with Gasteiger partial charge in [0.1, 0.15) is 11.6 Å². The predicted octanol–water partition coefficient (Wildman–Crippen LogP) is 2.28. The van der Waals surface area contributed by atoms with Gasteiger partial charge in [0.05, 0.1) is 12.7 Å². The lowest BCUT2D eigenvalue weighted by Gasteiger charge is -2.41. The summed E-state index contributed by atoms with van der Waals surface area (Å²) in [4.78, 5) is 2.41. The van der Waals surface area contributed by atoms with Gasteiger partial charge in [0.25, 0.3) is 0 Å². The van der Waals surface area contributed by atoms with Crippen LogP contribution in [0.15, 0.2) is 18.2 Å². The van der Waals surface area contributed by atoms with Gasteiger partial charge in [-0.25, -0.2) is 4.39 Å². The minimum absolute atomic E-state index is 0.367. The SMILES string of the molecule is COc1ccc(C2(O)CCN3CCCC3C2)c(F)c1. The van der Waals surface area contributed by atoms with E-state index in [4.69, 9.17) is 4.74 Å². The number of methoxy groups -OCH3 is 1. The number of rotatable bonds is 2. The molecule has 0 amide bonds. The monoisotopic (exact) mass is 265 g/mol. The summed E-state index contributed by atoms with van der Waals surface area (Å²) in [6, 6.07) is 5.14. The van der Waals surface area contributed by atoms with E-state index in [2.05, 4.69) is 4.90 Å². The molecule has 2 atom stereocenters. The molecule has 0 saturated carbocycles. The third-order valence-corrected chi connectivity index (χ3v) is 4.56. The second-order valence-corrected chi connectivity index (χ2v) is 5.66. The van der Waals surface area contributed by atoms with Crippen LogP contribution in [0.2, 0.25) is 0 Å². The maximum absolute atomic E-state index is 14.2. The van der Waals surface area contributed by atoms with Gasteiger partial charge >= 0.3 is 0 Å². The molecule has 1 aromatic rings. The zero-order chi connectivity index (χ0) is 13.5. The van der Waals surface area contributed by atoms with E-state index in [0.29, 0.717) is 30.2 Å². The van der Waals surface area contributed by atoms with Crippen molar-refractivity contribution >= 4 is 0 Å². The van der Waals surface area contributed by atoms with Gasteiger partial charge in [0, 0.05) is 24.2 Å². The van der Waals surface area contributed by atoms with Gasteiger partial charge in [-0.1, -0.05) is 0 Å². The van der Waals surface area contributed by atoms with Crippen molar-refractivity contribution in [3.8, 4) is 5.75 Å². The Balaban J connectivity index is 1.88. The summed E-state index contributed by atoms with van der Waals surface area (Å²) in [5.74, 6) is 0.122. The second kappa shape index (κ2) is 4.76. The van der Waals surface area contributed by atoms with Gasteiger partial charge in [-0.05, 0) is 44.4 Å². The van der Waals surface area contributed by atoms with Crippen LogP contribution in [0.5, 0.6) is 5.75 Å². The Morgan fingerprint density at radius 2 is 2.26 bits per heavy atom. The number of piperidine rings is 1. The first-order valence-corrected chi connectivity index (χ1v) is 6.93. The molecule has 1 aromatic carbocycles. The molecule has 0 bridgehead atoms. The summed E-state index contributed by atoms with van der Waals surface area (Å²) < 4.78 is 19.2. The molecule has 19 heavy (non-hydrogen) atoms. The van der Waals surface area contributed by atoms with E-state index in [1.807, 2.05) is 0 Å². The van der Waals surface area contributed by atoms with Gasteiger partial charge in [-0.2, -0.15) is 0 Å². The van der Waals surface area contributed by atoms with Crippen LogP contribution >= 0.6 is 0 Å². The van der Waals surface area contributed by atoms with E-state index in [0.717, 1.165) is 19.5 Å². The molecule has 2 fully saturated rings. The molecule has 0 aliphatic carbocycles. The fourth-order valence-corrected chi connectivity index (χ4v) is 3.49. The van der Waals surface area contributed by atoms with E-state index in [1.54, 1.807) is 12.1 Å². The van der Waals surface area contributed by atoms with Crippen molar-refractivity contribution in [3.63, 3.8) is 0 Å². The Labute approximate surface area is 113 Å². The van der Waals surface area contributed by atoms with Crippen molar-refractivity contribution in [1.29, 1.82) is 0 Å². The number of hydrogen-bond acceptors (Lipinski definition) is 3. The van der Waals surface area contributed by atoms with E-state index in [9.17, 15) is 9.50 Å². The molecular formula is C15H20FNO2. The Kier molecular flexibility index (Phi) is 3.23. The Morgan fingerprint density at radius 3 is 3.00 bits per heavy atom. The summed E-state index contributed by atoms with van der Waals surface area (Å²) in [7, 11) is 1.51. The lowest BCUT2D eigenvalue weighted by atomic mass is 9.80. The van der Waals surface area contributed by atoms with Gasteiger partial charge in [-0.15, -0.1) is 0 Å². The smallest absolute Gasteiger partial charge is 0.132 e. The number of ether oxygens (including phenoxy) is 1. The van der Waals surface area contributed by atoms with Crippen LogP contribution in [0.25, 0.3) is 0 Å². The molecule has 2 unspecified atom stereocenters. The molecule has 3 nitrogen and oxygen atoms in total. The third-order valence-electron chi connectivity index (χ3n) is 4.56. The van der Waals surface area contributed by atoms with E-state index < -0.39 is 5.60 Å².